The number of benzene rings is 1. The highest BCUT2D eigenvalue weighted by molar-refractivity contribution is 5.89. The molecule has 0 heterocycles. The van der Waals surface area contributed by atoms with Crippen molar-refractivity contribution in [3.05, 3.63) is 29.3 Å². The van der Waals surface area contributed by atoms with E-state index in [-0.39, 0.29) is 11.5 Å². The number of nitrogens with one attached hydrogen (secondary N) is 1. The maximum absolute atomic E-state index is 11.4. The van der Waals surface area contributed by atoms with Gasteiger partial charge in [0.25, 0.3) is 0 Å². The quantitative estimate of drug-likeness (QED) is 0.819. The zero-order valence-corrected chi connectivity index (χ0v) is 10.8. The molecule has 2 rings (SSSR count). The highest BCUT2D eigenvalue weighted by Crippen LogP contribution is 2.19. The summed E-state index contributed by atoms with van der Waals surface area (Å²) in [5.41, 5.74) is 0.909. The standard InChI is InChI=1S/C14H17NO4/c1-9-8-11(4-5-12(9)14(17)18)19-7-6-13(16)15-10-2-3-10/h4-5,8,10H,2-3,6-7H2,1H3,(H,15,16)(H,17,18). The third-order valence-electron chi connectivity index (χ3n) is 2.97. The van der Waals surface area contributed by atoms with Crippen molar-refractivity contribution in [2.24, 2.45) is 0 Å². The van der Waals surface area contributed by atoms with Crippen LogP contribution in [0.15, 0.2) is 18.2 Å². The van der Waals surface area contributed by atoms with Gasteiger partial charge in [0.05, 0.1) is 18.6 Å². The van der Waals surface area contributed by atoms with Crippen LogP contribution in [0, 0.1) is 6.92 Å². The second-order valence-electron chi connectivity index (χ2n) is 4.72. The van der Waals surface area contributed by atoms with Crippen molar-refractivity contribution in [3.63, 3.8) is 0 Å². The van der Waals surface area contributed by atoms with Crippen molar-refractivity contribution >= 4 is 11.9 Å². The molecule has 1 aliphatic rings. The second-order valence-corrected chi connectivity index (χ2v) is 4.72. The molecule has 0 saturated heterocycles. The summed E-state index contributed by atoms with van der Waals surface area (Å²) in [6.07, 6.45) is 2.46. The molecule has 0 unspecified atom stereocenters. The molecular weight excluding hydrogens is 246 g/mol. The van der Waals surface area contributed by atoms with Crippen LogP contribution in [0.3, 0.4) is 0 Å². The molecule has 1 aromatic rings. The molecule has 1 aromatic carbocycles. The van der Waals surface area contributed by atoms with E-state index in [2.05, 4.69) is 5.32 Å². The van der Waals surface area contributed by atoms with E-state index in [9.17, 15) is 9.59 Å². The van der Waals surface area contributed by atoms with Crippen molar-refractivity contribution < 1.29 is 19.4 Å². The Morgan fingerprint density at radius 1 is 1.42 bits per heavy atom. The number of carboxylic acids is 1. The van der Waals surface area contributed by atoms with Crippen molar-refractivity contribution in [1.29, 1.82) is 0 Å². The Morgan fingerprint density at radius 2 is 2.16 bits per heavy atom. The van der Waals surface area contributed by atoms with Gasteiger partial charge in [0.15, 0.2) is 0 Å². The summed E-state index contributed by atoms with van der Waals surface area (Å²) in [4.78, 5) is 22.3. The minimum Gasteiger partial charge on any atom is -0.493 e. The monoisotopic (exact) mass is 263 g/mol. The van der Waals surface area contributed by atoms with E-state index in [4.69, 9.17) is 9.84 Å². The van der Waals surface area contributed by atoms with Crippen LogP contribution in [0.2, 0.25) is 0 Å². The van der Waals surface area contributed by atoms with Gasteiger partial charge in [0, 0.05) is 6.04 Å². The average Bonchev–Trinajstić information content (AvgIpc) is 3.12. The Morgan fingerprint density at radius 3 is 2.74 bits per heavy atom. The van der Waals surface area contributed by atoms with Gasteiger partial charge in [-0.15, -0.1) is 0 Å². The third kappa shape index (κ3) is 3.98. The predicted octanol–water partition coefficient (Wildman–Crippen LogP) is 1.74. The predicted molar refractivity (Wildman–Crippen MR) is 69.4 cm³/mol. The zero-order chi connectivity index (χ0) is 13.8. The highest BCUT2D eigenvalue weighted by Gasteiger charge is 2.22. The lowest BCUT2D eigenvalue weighted by atomic mass is 10.1. The van der Waals surface area contributed by atoms with Gasteiger partial charge < -0.3 is 15.2 Å². The molecule has 2 N–H and O–H groups in total. The number of hydrogen-bond donors (Lipinski definition) is 2. The molecular formula is C14H17NO4. The van der Waals surface area contributed by atoms with E-state index in [1.165, 1.54) is 6.07 Å². The second kappa shape index (κ2) is 5.73. The Labute approximate surface area is 111 Å². The Bertz CT molecular complexity index is 494. The maximum Gasteiger partial charge on any atom is 0.335 e. The van der Waals surface area contributed by atoms with Crippen molar-refractivity contribution in [2.75, 3.05) is 6.61 Å². The number of ether oxygens (including phenoxy) is 1. The molecule has 5 heteroatoms. The van der Waals surface area contributed by atoms with Gasteiger partial charge >= 0.3 is 5.97 Å². The molecule has 0 atom stereocenters. The van der Waals surface area contributed by atoms with Crippen LogP contribution in [-0.2, 0) is 4.79 Å². The molecule has 0 radical (unpaired) electrons. The fourth-order valence-corrected chi connectivity index (χ4v) is 1.75. The van der Waals surface area contributed by atoms with E-state index in [1.807, 2.05) is 0 Å². The van der Waals surface area contributed by atoms with Gasteiger partial charge in [-0.05, 0) is 43.5 Å². The first kappa shape index (κ1) is 13.4. The first-order chi connectivity index (χ1) is 9.06. The van der Waals surface area contributed by atoms with Crippen molar-refractivity contribution in [3.8, 4) is 5.75 Å². The van der Waals surface area contributed by atoms with Crippen LogP contribution < -0.4 is 10.1 Å². The molecule has 1 aliphatic carbocycles. The minimum atomic E-state index is -0.951. The van der Waals surface area contributed by atoms with Crippen LogP contribution in [0.1, 0.15) is 35.2 Å². The number of aryl methyl sites for hydroxylation is 1. The van der Waals surface area contributed by atoms with Gasteiger partial charge in [-0.3, -0.25) is 4.79 Å². The van der Waals surface area contributed by atoms with E-state index in [0.717, 1.165) is 12.8 Å². The molecule has 1 saturated carbocycles. The number of rotatable bonds is 6. The molecule has 102 valence electrons. The summed E-state index contributed by atoms with van der Waals surface area (Å²) in [6, 6.07) is 5.15. The van der Waals surface area contributed by atoms with Crippen molar-refractivity contribution in [1.82, 2.24) is 5.32 Å². The summed E-state index contributed by atoms with van der Waals surface area (Å²) in [7, 11) is 0. The normalized spacial score (nSPS) is 13.9. The third-order valence-corrected chi connectivity index (χ3v) is 2.97. The van der Waals surface area contributed by atoms with E-state index in [0.29, 0.717) is 30.4 Å². The number of carbonyl (C=O) groups excluding carboxylic acids is 1. The number of amides is 1. The van der Waals surface area contributed by atoms with Crippen LogP contribution in [0.4, 0.5) is 0 Å². The zero-order valence-electron chi connectivity index (χ0n) is 10.8. The maximum atomic E-state index is 11.4. The highest BCUT2D eigenvalue weighted by atomic mass is 16.5. The van der Waals surface area contributed by atoms with Crippen LogP contribution in [0.5, 0.6) is 5.75 Å². The molecule has 0 aliphatic heterocycles. The summed E-state index contributed by atoms with van der Waals surface area (Å²) in [6.45, 7) is 2.01. The number of carbonyl (C=O) groups is 2. The number of hydrogen-bond acceptors (Lipinski definition) is 3. The fraction of sp³-hybridized carbons (Fsp3) is 0.429. The summed E-state index contributed by atoms with van der Waals surface area (Å²) in [5, 5.41) is 11.8. The van der Waals surface area contributed by atoms with Crippen LogP contribution >= 0.6 is 0 Å². The lowest BCUT2D eigenvalue weighted by molar-refractivity contribution is -0.121. The topological polar surface area (TPSA) is 75.6 Å². The van der Waals surface area contributed by atoms with E-state index < -0.39 is 5.97 Å². The number of aromatic carboxylic acids is 1. The summed E-state index contributed by atoms with van der Waals surface area (Å²) in [5.74, 6) is -0.365. The van der Waals surface area contributed by atoms with E-state index in [1.54, 1.807) is 19.1 Å². The molecule has 0 aromatic heterocycles. The van der Waals surface area contributed by atoms with Gasteiger partial charge in [-0.2, -0.15) is 0 Å². The van der Waals surface area contributed by atoms with Gasteiger partial charge in [0.2, 0.25) is 5.91 Å². The molecule has 0 spiro atoms. The Hall–Kier alpha value is -2.04. The fourth-order valence-electron chi connectivity index (χ4n) is 1.75. The van der Waals surface area contributed by atoms with Gasteiger partial charge in [-0.1, -0.05) is 0 Å². The summed E-state index contributed by atoms with van der Waals surface area (Å²) >= 11 is 0. The van der Waals surface area contributed by atoms with Crippen LogP contribution in [0.25, 0.3) is 0 Å². The molecule has 0 bridgehead atoms. The Balaban J connectivity index is 1.80. The average molecular weight is 263 g/mol. The van der Waals surface area contributed by atoms with Gasteiger partial charge in [-0.25, -0.2) is 4.79 Å². The summed E-state index contributed by atoms with van der Waals surface area (Å²) < 4.78 is 5.44. The first-order valence-corrected chi connectivity index (χ1v) is 6.32. The largest absolute Gasteiger partial charge is 0.493 e. The lowest BCUT2D eigenvalue weighted by Crippen LogP contribution is -2.26. The lowest BCUT2D eigenvalue weighted by Gasteiger charge is -2.08. The first-order valence-electron chi connectivity index (χ1n) is 6.32. The van der Waals surface area contributed by atoms with Crippen molar-refractivity contribution in [2.45, 2.75) is 32.2 Å². The smallest absolute Gasteiger partial charge is 0.335 e. The minimum absolute atomic E-state index is 0.00128. The molecule has 1 amide bonds. The molecule has 5 nitrogen and oxygen atoms in total. The van der Waals surface area contributed by atoms with Gasteiger partial charge in [0.1, 0.15) is 5.75 Å². The molecule has 1 fully saturated rings. The SMILES string of the molecule is Cc1cc(OCCC(=O)NC2CC2)ccc1C(=O)O. The molecule has 19 heavy (non-hydrogen) atoms. The van der Waals surface area contributed by atoms with Crippen LogP contribution in [-0.4, -0.2) is 29.6 Å². The Kier molecular flexibility index (Phi) is 4.04. The van der Waals surface area contributed by atoms with E-state index >= 15 is 0 Å². The number of carboxylic acid groups (broad SMARTS) is 1.